The summed E-state index contributed by atoms with van der Waals surface area (Å²) in [5.74, 6) is -0.630. The van der Waals surface area contributed by atoms with Crippen molar-refractivity contribution in [3.05, 3.63) is 65.2 Å². The first kappa shape index (κ1) is 14.7. The highest BCUT2D eigenvalue weighted by Crippen LogP contribution is 2.12. The highest BCUT2D eigenvalue weighted by atomic mass is 16.5. The first-order valence-electron chi connectivity index (χ1n) is 6.43. The molecule has 5 heteroatoms. The average molecular weight is 284 g/mol. The van der Waals surface area contributed by atoms with Crippen molar-refractivity contribution < 1.29 is 14.3 Å². The molecule has 0 saturated carbocycles. The van der Waals surface area contributed by atoms with E-state index in [1.165, 1.54) is 7.11 Å². The highest BCUT2D eigenvalue weighted by Gasteiger charge is 2.08. The van der Waals surface area contributed by atoms with E-state index in [2.05, 4.69) is 10.1 Å². The standard InChI is InChI=1S/C16H16N2O3/c1-21-16(20)13-6-8-14(9-7-13)18-15(19)12-4-2-11(10-17)3-5-12/h2-9H,10,17H2,1H3,(H,18,19). The van der Waals surface area contributed by atoms with Gasteiger partial charge in [-0.1, -0.05) is 12.1 Å². The maximum absolute atomic E-state index is 12.1. The molecule has 5 nitrogen and oxygen atoms in total. The number of hydrogen-bond acceptors (Lipinski definition) is 4. The molecule has 0 heterocycles. The molecular weight excluding hydrogens is 268 g/mol. The molecule has 2 aromatic carbocycles. The Balaban J connectivity index is 2.06. The smallest absolute Gasteiger partial charge is 0.337 e. The van der Waals surface area contributed by atoms with Crippen molar-refractivity contribution in [2.45, 2.75) is 6.54 Å². The van der Waals surface area contributed by atoms with Gasteiger partial charge in [0.05, 0.1) is 12.7 Å². The van der Waals surface area contributed by atoms with Gasteiger partial charge in [0.2, 0.25) is 0 Å². The molecule has 0 spiro atoms. The fraction of sp³-hybridized carbons (Fsp3) is 0.125. The Morgan fingerprint density at radius 3 is 2.10 bits per heavy atom. The van der Waals surface area contributed by atoms with Gasteiger partial charge >= 0.3 is 5.97 Å². The van der Waals surface area contributed by atoms with Gasteiger partial charge in [-0.3, -0.25) is 4.79 Å². The van der Waals surface area contributed by atoms with Gasteiger partial charge in [0.25, 0.3) is 5.91 Å². The van der Waals surface area contributed by atoms with E-state index in [0.717, 1.165) is 5.56 Å². The molecule has 0 atom stereocenters. The third-order valence-electron chi connectivity index (χ3n) is 3.02. The number of carbonyl (C=O) groups is 2. The zero-order valence-electron chi connectivity index (χ0n) is 11.6. The van der Waals surface area contributed by atoms with Crippen molar-refractivity contribution in [1.82, 2.24) is 0 Å². The molecule has 0 radical (unpaired) electrons. The number of methoxy groups -OCH3 is 1. The lowest BCUT2D eigenvalue weighted by Crippen LogP contribution is -2.12. The molecule has 0 aliphatic rings. The zero-order valence-corrected chi connectivity index (χ0v) is 11.6. The normalized spacial score (nSPS) is 10.0. The van der Waals surface area contributed by atoms with Crippen LogP contribution in [-0.2, 0) is 11.3 Å². The third-order valence-corrected chi connectivity index (χ3v) is 3.02. The highest BCUT2D eigenvalue weighted by molar-refractivity contribution is 6.04. The summed E-state index contributed by atoms with van der Waals surface area (Å²) in [4.78, 5) is 23.4. The monoisotopic (exact) mass is 284 g/mol. The van der Waals surface area contributed by atoms with Crippen molar-refractivity contribution in [3.63, 3.8) is 0 Å². The maximum Gasteiger partial charge on any atom is 0.337 e. The predicted octanol–water partition coefficient (Wildman–Crippen LogP) is 2.18. The predicted molar refractivity (Wildman–Crippen MR) is 80.1 cm³/mol. The molecule has 0 bridgehead atoms. The Hall–Kier alpha value is -2.66. The number of rotatable bonds is 4. The Morgan fingerprint density at radius 2 is 1.57 bits per heavy atom. The molecule has 21 heavy (non-hydrogen) atoms. The molecule has 0 aliphatic carbocycles. The second-order valence-corrected chi connectivity index (χ2v) is 4.42. The number of anilines is 1. The molecule has 2 aromatic rings. The summed E-state index contributed by atoms with van der Waals surface area (Å²) < 4.78 is 4.61. The largest absolute Gasteiger partial charge is 0.465 e. The Morgan fingerprint density at radius 1 is 1.00 bits per heavy atom. The first-order valence-corrected chi connectivity index (χ1v) is 6.43. The molecule has 0 unspecified atom stereocenters. The topological polar surface area (TPSA) is 81.4 Å². The lowest BCUT2D eigenvalue weighted by atomic mass is 10.1. The summed E-state index contributed by atoms with van der Waals surface area (Å²) >= 11 is 0. The number of ether oxygens (including phenoxy) is 1. The number of nitrogens with two attached hydrogens (primary N) is 1. The van der Waals surface area contributed by atoms with Crippen LogP contribution in [0.5, 0.6) is 0 Å². The minimum Gasteiger partial charge on any atom is -0.465 e. The maximum atomic E-state index is 12.1. The number of nitrogens with one attached hydrogen (secondary N) is 1. The molecule has 108 valence electrons. The van der Waals surface area contributed by atoms with Crippen LogP contribution in [0.3, 0.4) is 0 Å². The molecule has 1 amide bonds. The Bertz CT molecular complexity index is 634. The number of carbonyl (C=O) groups excluding carboxylic acids is 2. The second kappa shape index (κ2) is 6.67. The zero-order chi connectivity index (χ0) is 15.2. The van der Waals surface area contributed by atoms with E-state index in [0.29, 0.717) is 23.4 Å². The van der Waals surface area contributed by atoms with Crippen LogP contribution >= 0.6 is 0 Å². The summed E-state index contributed by atoms with van der Waals surface area (Å²) in [5, 5.41) is 2.76. The van der Waals surface area contributed by atoms with E-state index in [-0.39, 0.29) is 5.91 Å². The molecule has 3 N–H and O–H groups in total. The summed E-state index contributed by atoms with van der Waals surface area (Å²) in [5.41, 5.74) is 8.06. The fourth-order valence-electron chi connectivity index (χ4n) is 1.80. The van der Waals surface area contributed by atoms with Gasteiger partial charge in [-0.15, -0.1) is 0 Å². The molecule has 0 aromatic heterocycles. The van der Waals surface area contributed by atoms with Gasteiger partial charge in [0.1, 0.15) is 0 Å². The van der Waals surface area contributed by atoms with E-state index in [1.807, 2.05) is 12.1 Å². The van der Waals surface area contributed by atoms with Crippen LogP contribution < -0.4 is 11.1 Å². The van der Waals surface area contributed by atoms with E-state index in [1.54, 1.807) is 36.4 Å². The van der Waals surface area contributed by atoms with Crippen molar-refractivity contribution in [3.8, 4) is 0 Å². The second-order valence-electron chi connectivity index (χ2n) is 4.42. The van der Waals surface area contributed by atoms with Crippen molar-refractivity contribution >= 4 is 17.6 Å². The van der Waals surface area contributed by atoms with Crippen LogP contribution in [0.2, 0.25) is 0 Å². The lowest BCUT2D eigenvalue weighted by molar-refractivity contribution is 0.0600. The third kappa shape index (κ3) is 3.67. The molecule has 0 fully saturated rings. The number of amides is 1. The van der Waals surface area contributed by atoms with E-state index in [9.17, 15) is 9.59 Å². The molecular formula is C16H16N2O3. The van der Waals surface area contributed by atoms with Gasteiger partial charge in [-0.2, -0.15) is 0 Å². The van der Waals surface area contributed by atoms with E-state index < -0.39 is 5.97 Å². The lowest BCUT2D eigenvalue weighted by Gasteiger charge is -2.06. The molecule has 0 aliphatic heterocycles. The van der Waals surface area contributed by atoms with Crippen LogP contribution in [0.1, 0.15) is 26.3 Å². The summed E-state index contributed by atoms with van der Waals surface area (Å²) in [6.07, 6.45) is 0. The SMILES string of the molecule is COC(=O)c1ccc(NC(=O)c2ccc(CN)cc2)cc1. The van der Waals surface area contributed by atoms with Gasteiger partial charge in [0.15, 0.2) is 0 Å². The summed E-state index contributed by atoms with van der Waals surface area (Å²) in [6.45, 7) is 0.441. The van der Waals surface area contributed by atoms with Crippen LogP contribution in [0.25, 0.3) is 0 Å². The van der Waals surface area contributed by atoms with Crippen molar-refractivity contribution in [2.75, 3.05) is 12.4 Å². The Labute approximate surface area is 122 Å². The number of esters is 1. The van der Waals surface area contributed by atoms with E-state index >= 15 is 0 Å². The van der Waals surface area contributed by atoms with Gasteiger partial charge in [-0.25, -0.2) is 4.79 Å². The molecule has 0 saturated heterocycles. The van der Waals surface area contributed by atoms with Gasteiger partial charge in [0, 0.05) is 17.8 Å². The number of benzene rings is 2. The van der Waals surface area contributed by atoms with Gasteiger partial charge < -0.3 is 15.8 Å². The minimum atomic E-state index is -0.412. The Kier molecular flexibility index (Phi) is 4.68. The van der Waals surface area contributed by atoms with E-state index in [4.69, 9.17) is 5.73 Å². The number of hydrogen-bond donors (Lipinski definition) is 2. The van der Waals surface area contributed by atoms with Gasteiger partial charge in [-0.05, 0) is 42.0 Å². The molecule has 2 rings (SSSR count). The summed E-state index contributed by atoms with van der Waals surface area (Å²) in [6, 6.07) is 13.6. The van der Waals surface area contributed by atoms with Crippen LogP contribution in [-0.4, -0.2) is 19.0 Å². The average Bonchev–Trinajstić information content (AvgIpc) is 2.55. The van der Waals surface area contributed by atoms with Crippen LogP contribution in [0.15, 0.2) is 48.5 Å². The fourth-order valence-corrected chi connectivity index (χ4v) is 1.80. The van der Waals surface area contributed by atoms with Crippen LogP contribution in [0.4, 0.5) is 5.69 Å². The van der Waals surface area contributed by atoms with Crippen molar-refractivity contribution in [2.24, 2.45) is 5.73 Å². The van der Waals surface area contributed by atoms with Crippen LogP contribution in [0, 0.1) is 0 Å². The first-order chi connectivity index (χ1) is 10.1. The quantitative estimate of drug-likeness (QED) is 0.843. The van der Waals surface area contributed by atoms with Crippen molar-refractivity contribution in [1.29, 1.82) is 0 Å². The minimum absolute atomic E-state index is 0.218. The summed E-state index contributed by atoms with van der Waals surface area (Å²) in [7, 11) is 1.32.